The van der Waals surface area contributed by atoms with Crippen LogP contribution in [-0.4, -0.2) is 54.1 Å². The minimum Gasteiger partial charge on any atom is -0.292 e. The summed E-state index contributed by atoms with van der Waals surface area (Å²) in [6.45, 7) is -0.830. The summed E-state index contributed by atoms with van der Waals surface area (Å²) in [5.41, 5.74) is -0.141. The zero-order valence-electron chi connectivity index (χ0n) is 19.1. The molecule has 1 saturated heterocycles. The Hall–Kier alpha value is -0.640. The van der Waals surface area contributed by atoms with Crippen molar-refractivity contribution in [2.45, 2.75) is 14.1 Å². The van der Waals surface area contributed by atoms with Gasteiger partial charge in [-0.2, -0.15) is 5.01 Å². The topological polar surface area (TPSA) is 74.8 Å². The molecule has 2 aliphatic carbocycles. The van der Waals surface area contributed by atoms with Crippen molar-refractivity contribution in [1.82, 2.24) is 10.0 Å². The highest BCUT2D eigenvalue weighted by atomic mass is 35.5. The first-order valence-electron chi connectivity index (χ1n) is 11.0. The van der Waals surface area contributed by atoms with Crippen LogP contribution >= 0.6 is 116 Å². The van der Waals surface area contributed by atoms with E-state index in [-0.39, 0.29) is 41.3 Å². The van der Waals surface area contributed by atoms with Gasteiger partial charge >= 0.3 is 0 Å². The largest absolute Gasteiger partial charge is 0.292 e. The van der Waals surface area contributed by atoms with Gasteiger partial charge in [-0.3, -0.25) is 19.2 Å². The third-order valence-electron chi connectivity index (χ3n) is 7.05. The molecule has 1 heterocycles. The van der Waals surface area contributed by atoms with E-state index in [1.165, 1.54) is 36.4 Å². The van der Waals surface area contributed by atoms with Gasteiger partial charge in [0, 0.05) is 16.1 Å². The fourth-order valence-electron chi connectivity index (χ4n) is 5.17. The Morgan fingerprint density at radius 1 is 0.750 bits per heavy atom. The van der Waals surface area contributed by atoms with Crippen LogP contribution in [-0.2, 0) is 9.59 Å². The van der Waals surface area contributed by atoms with Crippen LogP contribution in [0, 0.1) is 11.8 Å². The molecule has 6 nitrogen and oxygen atoms in total. The molecular weight excluding hydrogens is 735 g/mol. The lowest BCUT2D eigenvalue weighted by molar-refractivity contribution is -0.154. The lowest BCUT2D eigenvalue weighted by atomic mass is 9.84. The third-order valence-corrected chi connectivity index (χ3v) is 12.6. The van der Waals surface area contributed by atoms with Crippen LogP contribution in [0.4, 0.5) is 0 Å². The number of rotatable bonds is 5. The number of hydrogen-bond acceptors (Lipinski definition) is 4. The molecule has 210 valence electrons. The smallest absolute Gasteiger partial charge is 0.273 e. The van der Waals surface area contributed by atoms with E-state index in [1.807, 2.05) is 0 Å². The van der Waals surface area contributed by atoms with Crippen molar-refractivity contribution < 1.29 is 19.2 Å². The van der Waals surface area contributed by atoms with Crippen molar-refractivity contribution in [2.24, 2.45) is 11.8 Å². The van der Waals surface area contributed by atoms with Gasteiger partial charge in [-0.25, -0.2) is 5.01 Å². The van der Waals surface area contributed by atoms with E-state index in [1.54, 1.807) is 0 Å². The van der Waals surface area contributed by atoms with Gasteiger partial charge in [0.25, 0.3) is 17.7 Å². The standard InChI is InChI=1S/C24H10Cl10N2O4/c25-9-2-3-10(12(27)6-9)14(37)7-35(19(38)8-1-4-11(26)13(28)5-8)36-20(39)15-16(21(36)40)23(32)18(30)17(29)22(15,31)24(23,33)34/h1-6,15-16H,7H2/t15-,16-,22-,23-/m1/s1. The molecule has 0 aromatic heterocycles. The van der Waals surface area contributed by atoms with Gasteiger partial charge in [0.2, 0.25) is 0 Å². The van der Waals surface area contributed by atoms with Crippen LogP contribution in [0.5, 0.6) is 0 Å². The summed E-state index contributed by atoms with van der Waals surface area (Å²) < 4.78 is -2.19. The van der Waals surface area contributed by atoms with Gasteiger partial charge in [-0.05, 0) is 36.4 Å². The Kier molecular flexibility index (Phi) is 7.88. The van der Waals surface area contributed by atoms with E-state index in [0.29, 0.717) is 10.0 Å². The number of ketones is 1. The van der Waals surface area contributed by atoms with Crippen LogP contribution < -0.4 is 0 Å². The highest BCUT2D eigenvalue weighted by molar-refractivity contribution is 6.67. The summed E-state index contributed by atoms with van der Waals surface area (Å²) in [6, 6.07) is 7.89. The average molecular weight is 745 g/mol. The quantitative estimate of drug-likeness (QED) is 0.177. The molecule has 0 spiro atoms. The number of allylic oxidation sites excluding steroid dienone is 2. The van der Waals surface area contributed by atoms with Crippen molar-refractivity contribution in [1.29, 1.82) is 0 Å². The molecule has 2 fully saturated rings. The van der Waals surface area contributed by atoms with E-state index >= 15 is 0 Å². The Morgan fingerprint density at radius 2 is 1.30 bits per heavy atom. The molecule has 3 aliphatic rings. The van der Waals surface area contributed by atoms with E-state index in [2.05, 4.69) is 0 Å². The van der Waals surface area contributed by atoms with Crippen molar-refractivity contribution in [3.05, 3.63) is 77.7 Å². The molecule has 2 bridgehead atoms. The number of nitrogens with zero attached hydrogens (tertiary/aromatic N) is 2. The van der Waals surface area contributed by atoms with E-state index in [4.69, 9.17) is 116 Å². The molecule has 2 aromatic rings. The average Bonchev–Trinajstić information content (AvgIpc) is 3.27. The van der Waals surface area contributed by atoms with Gasteiger partial charge in [0.1, 0.15) is 16.3 Å². The van der Waals surface area contributed by atoms with Crippen molar-refractivity contribution in [3.8, 4) is 0 Å². The minimum atomic E-state index is -2.19. The van der Waals surface area contributed by atoms with Crippen molar-refractivity contribution in [2.75, 3.05) is 6.54 Å². The summed E-state index contributed by atoms with van der Waals surface area (Å²) in [7, 11) is 0. The number of carbonyl (C=O) groups excluding carboxylic acids is 4. The van der Waals surface area contributed by atoms with Crippen LogP contribution in [0.15, 0.2) is 46.5 Å². The molecule has 0 radical (unpaired) electrons. The Morgan fingerprint density at radius 3 is 1.80 bits per heavy atom. The maximum atomic E-state index is 13.9. The Labute approximate surface area is 276 Å². The summed E-state index contributed by atoms with van der Waals surface area (Å²) in [5, 5.41) is 0.843. The predicted molar refractivity (Wildman–Crippen MR) is 157 cm³/mol. The first kappa shape index (κ1) is 30.8. The number of halogens is 10. The first-order valence-corrected chi connectivity index (χ1v) is 14.7. The summed E-state index contributed by atoms with van der Waals surface area (Å²) in [4.78, 5) is 50.8. The molecule has 5 rings (SSSR count). The monoisotopic (exact) mass is 740 g/mol. The number of hydrazine groups is 1. The van der Waals surface area contributed by atoms with E-state index < -0.39 is 56.0 Å². The second-order valence-corrected chi connectivity index (χ2v) is 14.0. The Balaban J connectivity index is 1.62. The zero-order chi connectivity index (χ0) is 29.7. The second kappa shape index (κ2) is 10.2. The van der Waals surface area contributed by atoms with Gasteiger partial charge in [-0.1, -0.05) is 92.8 Å². The number of alkyl halides is 4. The predicted octanol–water partition coefficient (Wildman–Crippen LogP) is 7.99. The lowest BCUT2D eigenvalue weighted by Crippen LogP contribution is -2.56. The molecule has 16 heteroatoms. The zero-order valence-corrected chi connectivity index (χ0v) is 26.7. The summed E-state index contributed by atoms with van der Waals surface area (Å²) >= 11 is 63.5. The van der Waals surface area contributed by atoms with Crippen LogP contribution in [0.1, 0.15) is 20.7 Å². The van der Waals surface area contributed by atoms with Crippen molar-refractivity contribution >= 4 is 140 Å². The SMILES string of the molecule is O=C(CN(C(=O)c1ccc(Cl)c(Cl)c1)N1C(=O)[C@H]2[C@H](C1=O)[C@@]1(Cl)C(Cl)=C(Cl)[C@@]2(Cl)C1(Cl)Cl)c1ccc(Cl)cc1Cl. The highest BCUT2D eigenvalue weighted by Crippen LogP contribution is 2.77. The lowest BCUT2D eigenvalue weighted by Gasteiger charge is -2.36. The van der Waals surface area contributed by atoms with Gasteiger partial charge < -0.3 is 0 Å². The maximum absolute atomic E-state index is 13.9. The number of amides is 3. The number of benzene rings is 2. The molecule has 3 amide bonds. The molecule has 40 heavy (non-hydrogen) atoms. The first-order chi connectivity index (χ1) is 18.5. The maximum Gasteiger partial charge on any atom is 0.273 e. The van der Waals surface area contributed by atoms with Gasteiger partial charge in [-0.15, -0.1) is 23.2 Å². The van der Waals surface area contributed by atoms with Gasteiger partial charge in [0.15, 0.2) is 10.1 Å². The summed E-state index contributed by atoms with van der Waals surface area (Å²) in [5.74, 6) is -6.86. The van der Waals surface area contributed by atoms with E-state index in [9.17, 15) is 19.2 Å². The third kappa shape index (κ3) is 3.98. The molecule has 4 atom stereocenters. The molecule has 2 aromatic carbocycles. The van der Waals surface area contributed by atoms with Crippen LogP contribution in [0.2, 0.25) is 20.1 Å². The van der Waals surface area contributed by atoms with Crippen LogP contribution in [0.25, 0.3) is 0 Å². The molecule has 1 saturated carbocycles. The molecule has 0 unspecified atom stereocenters. The minimum absolute atomic E-state index is 0.00442. The molecule has 0 N–H and O–H groups in total. The van der Waals surface area contributed by atoms with Crippen molar-refractivity contribution in [3.63, 3.8) is 0 Å². The highest BCUT2D eigenvalue weighted by Gasteiger charge is 2.88. The van der Waals surface area contributed by atoms with Crippen LogP contribution in [0.3, 0.4) is 0 Å². The summed E-state index contributed by atoms with van der Waals surface area (Å²) in [6.07, 6.45) is 0. The number of fused-ring (bicyclic) bond motifs is 5. The number of imide groups is 1. The fourth-order valence-corrected chi connectivity index (χ4v) is 8.91. The Bertz CT molecular complexity index is 1530. The molecular formula is C24H10Cl10N2O4. The molecule has 1 aliphatic heterocycles. The number of Topliss-reactive ketones (excluding diaryl/α,β-unsaturated/α-hetero) is 1. The number of carbonyl (C=O) groups is 4. The number of hydrogen-bond donors (Lipinski definition) is 0. The normalized spacial score (nSPS) is 28.4. The van der Waals surface area contributed by atoms with Gasteiger partial charge in [0.05, 0.1) is 37.0 Å². The second-order valence-electron chi connectivity index (χ2n) is 9.11. The fraction of sp³-hybridized carbons (Fsp3) is 0.250. The van der Waals surface area contributed by atoms with E-state index in [0.717, 1.165) is 0 Å².